The highest BCUT2D eigenvalue weighted by molar-refractivity contribution is 5.99. The van der Waals surface area contributed by atoms with Crippen molar-refractivity contribution in [3.63, 3.8) is 0 Å². The number of pyridine rings is 1. The Bertz CT molecular complexity index is 1210. The first-order chi connectivity index (χ1) is 21.7. The predicted octanol–water partition coefficient (Wildman–Crippen LogP) is 5.46. The minimum atomic E-state index is -0.431. The summed E-state index contributed by atoms with van der Waals surface area (Å²) in [5.41, 5.74) is 2.07. The van der Waals surface area contributed by atoms with Gasteiger partial charge >= 0.3 is 6.03 Å². The van der Waals surface area contributed by atoms with Gasteiger partial charge in [-0.2, -0.15) is 0 Å². The lowest BCUT2D eigenvalue weighted by molar-refractivity contribution is -0.0177. The van der Waals surface area contributed by atoms with Crippen molar-refractivity contribution in [2.45, 2.75) is 103 Å². The Balaban J connectivity index is 1.56. The Morgan fingerprint density at radius 2 is 1.82 bits per heavy atom. The van der Waals surface area contributed by atoms with E-state index in [2.05, 4.69) is 34.5 Å². The second-order valence-corrected chi connectivity index (χ2v) is 13.0. The van der Waals surface area contributed by atoms with Crippen LogP contribution in [0, 0.1) is 5.92 Å². The van der Waals surface area contributed by atoms with Crippen LogP contribution in [0.5, 0.6) is 5.75 Å². The molecule has 0 spiro atoms. The van der Waals surface area contributed by atoms with Crippen LogP contribution in [-0.4, -0.2) is 89.5 Å². The third kappa shape index (κ3) is 10.7. The van der Waals surface area contributed by atoms with E-state index in [1.807, 2.05) is 26.0 Å². The zero-order chi connectivity index (χ0) is 32.2. The topological polar surface area (TPSA) is 116 Å². The van der Waals surface area contributed by atoms with E-state index in [9.17, 15) is 14.7 Å². The molecule has 4 rings (SSSR count). The van der Waals surface area contributed by atoms with Crippen molar-refractivity contribution < 1.29 is 24.2 Å². The molecule has 1 aliphatic carbocycles. The Morgan fingerprint density at radius 3 is 2.56 bits per heavy atom. The van der Waals surface area contributed by atoms with Gasteiger partial charge in [-0.05, 0) is 88.9 Å². The van der Waals surface area contributed by atoms with Crippen LogP contribution in [-0.2, 0) is 11.3 Å². The van der Waals surface area contributed by atoms with E-state index in [1.54, 1.807) is 35.5 Å². The zero-order valence-electron chi connectivity index (χ0n) is 27.5. The summed E-state index contributed by atoms with van der Waals surface area (Å²) in [6.07, 6.45) is 11.5. The molecule has 248 valence electrons. The van der Waals surface area contributed by atoms with Crippen LogP contribution < -0.4 is 15.4 Å². The minimum Gasteiger partial charge on any atom is -0.490 e. The van der Waals surface area contributed by atoms with Gasteiger partial charge in [0.15, 0.2) is 0 Å². The summed E-state index contributed by atoms with van der Waals surface area (Å²) in [7, 11) is 2.08. The maximum Gasteiger partial charge on any atom is 0.319 e. The second-order valence-electron chi connectivity index (χ2n) is 13.0. The lowest BCUT2D eigenvalue weighted by atomic mass is 9.96. The van der Waals surface area contributed by atoms with Crippen molar-refractivity contribution >= 4 is 17.6 Å². The van der Waals surface area contributed by atoms with E-state index in [-0.39, 0.29) is 42.7 Å². The van der Waals surface area contributed by atoms with E-state index < -0.39 is 6.04 Å². The number of likely N-dealkylation sites (N-methyl/N-ethyl adjacent to an activating group) is 1. The van der Waals surface area contributed by atoms with E-state index in [0.717, 1.165) is 51.5 Å². The molecule has 10 nitrogen and oxygen atoms in total. The van der Waals surface area contributed by atoms with E-state index in [0.29, 0.717) is 36.7 Å². The third-order valence-corrected chi connectivity index (χ3v) is 8.94. The molecule has 0 unspecified atom stereocenters. The number of aromatic nitrogens is 1. The van der Waals surface area contributed by atoms with Gasteiger partial charge in [0.25, 0.3) is 5.91 Å². The predicted molar refractivity (Wildman–Crippen MR) is 176 cm³/mol. The molecule has 10 heteroatoms. The highest BCUT2D eigenvalue weighted by Crippen LogP contribution is 2.29. The molecule has 0 saturated heterocycles. The first kappa shape index (κ1) is 34.7. The summed E-state index contributed by atoms with van der Waals surface area (Å²) in [5.74, 6) is 0.218. The molecule has 0 radical (unpaired) electrons. The van der Waals surface area contributed by atoms with Gasteiger partial charge in [-0.3, -0.25) is 14.7 Å². The van der Waals surface area contributed by atoms with Crippen LogP contribution in [0.3, 0.4) is 0 Å². The first-order valence-electron chi connectivity index (χ1n) is 16.7. The number of rotatable bonds is 8. The molecule has 2 aromatic rings. The number of carbonyl (C=O) groups is 2. The largest absolute Gasteiger partial charge is 0.490 e. The average Bonchev–Trinajstić information content (AvgIpc) is 3.03. The van der Waals surface area contributed by atoms with Crippen molar-refractivity contribution in [1.82, 2.24) is 20.1 Å². The number of amides is 3. The Kier molecular flexibility index (Phi) is 13.5. The van der Waals surface area contributed by atoms with Gasteiger partial charge in [0, 0.05) is 56.3 Å². The molecular weight excluding hydrogens is 570 g/mol. The molecule has 45 heavy (non-hydrogen) atoms. The van der Waals surface area contributed by atoms with Crippen LogP contribution in [0.1, 0.15) is 88.1 Å². The lowest BCUT2D eigenvalue weighted by Crippen LogP contribution is -2.47. The van der Waals surface area contributed by atoms with Crippen LogP contribution in [0.4, 0.5) is 10.5 Å². The molecule has 4 atom stereocenters. The Hall–Kier alpha value is -3.21. The second kappa shape index (κ2) is 17.5. The maximum absolute atomic E-state index is 14.3. The highest BCUT2D eigenvalue weighted by Gasteiger charge is 2.30. The standard InChI is InChI=1S/C35H53N5O5/c1-25-21-40(26(2)24-41)34(42)31-20-30(38-35(43)37-29-11-6-5-7-12-29)13-14-32(31)45-27(3)10-8-9-19-44-33(25)23-39(4)22-28-15-17-36-18-16-28/h13-18,20,25-27,29,33,41H,5-12,19,21-24H2,1-4H3,(H2,37,38,43)/t25-,26+,27+,33+/m1/s1. The fourth-order valence-corrected chi connectivity index (χ4v) is 6.23. The van der Waals surface area contributed by atoms with Crippen molar-refractivity contribution in [3.8, 4) is 5.75 Å². The van der Waals surface area contributed by atoms with Crippen molar-refractivity contribution in [3.05, 3.63) is 53.9 Å². The fraction of sp³-hybridized carbons (Fsp3) is 0.629. The number of carbonyl (C=O) groups excluding carboxylic acids is 2. The molecule has 2 aliphatic rings. The SMILES string of the molecule is C[C@@H]1CN([C@@H](C)CO)C(=O)c2cc(NC(=O)NC3CCCCC3)ccc2O[C@@H](C)CCCCO[C@H]1CN(C)Cc1ccncc1. The summed E-state index contributed by atoms with van der Waals surface area (Å²) >= 11 is 0. The van der Waals surface area contributed by atoms with Crippen molar-refractivity contribution in [2.24, 2.45) is 5.92 Å². The normalized spacial score (nSPS) is 23.0. The Labute approximate surface area is 268 Å². The van der Waals surface area contributed by atoms with Crippen LogP contribution >= 0.6 is 0 Å². The maximum atomic E-state index is 14.3. The molecule has 3 N–H and O–H groups in total. The fourth-order valence-electron chi connectivity index (χ4n) is 6.23. The summed E-state index contributed by atoms with van der Waals surface area (Å²) in [4.78, 5) is 35.3. The summed E-state index contributed by atoms with van der Waals surface area (Å²) in [5, 5.41) is 16.2. The number of urea groups is 1. The summed E-state index contributed by atoms with van der Waals surface area (Å²) in [6.45, 7) is 8.26. The molecule has 2 heterocycles. The van der Waals surface area contributed by atoms with Gasteiger partial charge in [0.05, 0.1) is 30.4 Å². The monoisotopic (exact) mass is 623 g/mol. The van der Waals surface area contributed by atoms with Gasteiger partial charge < -0.3 is 30.1 Å². The summed E-state index contributed by atoms with van der Waals surface area (Å²) in [6, 6.07) is 8.76. The number of hydrogen-bond acceptors (Lipinski definition) is 7. The van der Waals surface area contributed by atoms with E-state index >= 15 is 0 Å². The molecule has 1 aliphatic heterocycles. The molecule has 1 aromatic carbocycles. The van der Waals surface area contributed by atoms with Gasteiger partial charge in [-0.25, -0.2) is 4.79 Å². The van der Waals surface area contributed by atoms with Crippen LogP contribution in [0.2, 0.25) is 0 Å². The van der Waals surface area contributed by atoms with Crippen LogP contribution in [0.15, 0.2) is 42.7 Å². The number of ether oxygens (including phenoxy) is 2. The molecule has 1 fully saturated rings. The average molecular weight is 624 g/mol. The summed E-state index contributed by atoms with van der Waals surface area (Å²) < 4.78 is 12.8. The lowest BCUT2D eigenvalue weighted by Gasteiger charge is -2.36. The van der Waals surface area contributed by atoms with E-state index in [1.165, 1.54) is 12.0 Å². The molecule has 1 saturated carbocycles. The quantitative estimate of drug-likeness (QED) is 0.358. The number of benzene rings is 1. The smallest absolute Gasteiger partial charge is 0.319 e. The van der Waals surface area contributed by atoms with Gasteiger partial charge in [0.1, 0.15) is 5.75 Å². The number of aliphatic hydroxyl groups is 1. The van der Waals surface area contributed by atoms with Crippen molar-refractivity contribution in [2.75, 3.05) is 38.7 Å². The molecule has 3 amide bonds. The number of fused-ring (bicyclic) bond motifs is 1. The van der Waals surface area contributed by atoms with Crippen LogP contribution in [0.25, 0.3) is 0 Å². The number of aliphatic hydroxyl groups excluding tert-OH is 1. The number of nitrogens with zero attached hydrogens (tertiary/aromatic N) is 3. The molecule has 1 aromatic heterocycles. The highest BCUT2D eigenvalue weighted by atomic mass is 16.5. The van der Waals surface area contributed by atoms with Gasteiger partial charge in [0.2, 0.25) is 0 Å². The van der Waals surface area contributed by atoms with E-state index in [4.69, 9.17) is 9.47 Å². The number of hydrogen-bond donors (Lipinski definition) is 3. The van der Waals surface area contributed by atoms with Crippen molar-refractivity contribution in [1.29, 1.82) is 0 Å². The van der Waals surface area contributed by atoms with Gasteiger partial charge in [-0.15, -0.1) is 0 Å². The molecule has 0 bridgehead atoms. The molecular formula is C35H53N5O5. The zero-order valence-corrected chi connectivity index (χ0v) is 27.5. The number of anilines is 1. The van der Waals surface area contributed by atoms with Gasteiger partial charge in [-0.1, -0.05) is 26.2 Å². The third-order valence-electron chi connectivity index (χ3n) is 8.94. The Morgan fingerprint density at radius 1 is 1.09 bits per heavy atom. The first-order valence-corrected chi connectivity index (χ1v) is 16.7. The minimum absolute atomic E-state index is 0.0170. The number of nitrogens with one attached hydrogen (secondary N) is 2.